The van der Waals surface area contributed by atoms with Gasteiger partial charge < -0.3 is 9.84 Å². The molecule has 7 heteroatoms. The van der Waals surface area contributed by atoms with Crippen molar-refractivity contribution >= 4 is 5.97 Å². The monoisotopic (exact) mass is 330 g/mol. The number of pyridine rings is 1. The van der Waals surface area contributed by atoms with Crippen molar-refractivity contribution < 1.29 is 14.6 Å². The highest BCUT2D eigenvalue weighted by atomic mass is 16.5. The molecule has 0 aromatic carbocycles. The molecule has 1 aliphatic heterocycles. The van der Waals surface area contributed by atoms with E-state index in [1.54, 1.807) is 24.2 Å². The van der Waals surface area contributed by atoms with Gasteiger partial charge >= 0.3 is 5.97 Å². The van der Waals surface area contributed by atoms with Crippen LogP contribution in [-0.4, -0.2) is 50.9 Å². The smallest absolute Gasteiger partial charge is 0.325 e. The van der Waals surface area contributed by atoms with Crippen molar-refractivity contribution in [1.29, 1.82) is 0 Å². The summed E-state index contributed by atoms with van der Waals surface area (Å²) in [5, 5.41) is 13.2. The summed E-state index contributed by atoms with van der Waals surface area (Å²) in [7, 11) is 1.66. The molecule has 1 atom stereocenters. The molecule has 0 saturated carbocycles. The number of carbonyl (C=O) groups is 1. The number of hydrogen-bond donors (Lipinski definition) is 1. The molecule has 3 rings (SSSR count). The van der Waals surface area contributed by atoms with E-state index in [-0.39, 0.29) is 12.5 Å². The SMILES string of the molecule is COc1cccnc1CN1CCC[C@H](c2ccnn2CC(=O)O)C1. The molecule has 1 saturated heterocycles. The first-order chi connectivity index (χ1) is 11.7. The summed E-state index contributed by atoms with van der Waals surface area (Å²) in [6.45, 7) is 2.51. The van der Waals surface area contributed by atoms with E-state index in [1.807, 2.05) is 18.2 Å². The van der Waals surface area contributed by atoms with E-state index >= 15 is 0 Å². The van der Waals surface area contributed by atoms with E-state index in [4.69, 9.17) is 9.84 Å². The zero-order valence-electron chi connectivity index (χ0n) is 13.8. The number of carboxylic acids is 1. The molecule has 3 heterocycles. The average molecular weight is 330 g/mol. The number of ether oxygens (including phenoxy) is 1. The fourth-order valence-electron chi connectivity index (χ4n) is 3.33. The Morgan fingerprint density at radius 3 is 3.08 bits per heavy atom. The predicted octanol–water partition coefficient (Wildman–Crippen LogP) is 1.75. The second-order valence-electron chi connectivity index (χ2n) is 6.03. The van der Waals surface area contributed by atoms with Gasteiger partial charge in [-0.15, -0.1) is 0 Å². The molecule has 2 aromatic heterocycles. The third-order valence-corrected chi connectivity index (χ3v) is 4.40. The maximum absolute atomic E-state index is 11.0. The Morgan fingerprint density at radius 2 is 2.29 bits per heavy atom. The predicted molar refractivity (Wildman–Crippen MR) is 87.9 cm³/mol. The van der Waals surface area contributed by atoms with Crippen molar-refractivity contribution in [2.24, 2.45) is 0 Å². The van der Waals surface area contributed by atoms with Crippen molar-refractivity contribution in [3.63, 3.8) is 0 Å². The zero-order valence-corrected chi connectivity index (χ0v) is 13.8. The number of rotatable bonds is 6. The normalized spacial score (nSPS) is 18.5. The highest BCUT2D eigenvalue weighted by Crippen LogP contribution is 2.28. The number of aromatic nitrogens is 3. The molecule has 1 N–H and O–H groups in total. The van der Waals surface area contributed by atoms with Gasteiger partial charge in [-0.1, -0.05) is 0 Å². The van der Waals surface area contributed by atoms with E-state index in [2.05, 4.69) is 15.0 Å². The fourth-order valence-corrected chi connectivity index (χ4v) is 3.33. The van der Waals surface area contributed by atoms with Crippen LogP contribution in [0.3, 0.4) is 0 Å². The van der Waals surface area contributed by atoms with Crippen LogP contribution in [-0.2, 0) is 17.9 Å². The van der Waals surface area contributed by atoms with Gasteiger partial charge in [0, 0.05) is 37.1 Å². The molecule has 0 amide bonds. The first kappa shape index (κ1) is 16.4. The second kappa shape index (κ2) is 7.44. The van der Waals surface area contributed by atoms with Gasteiger partial charge in [0.2, 0.25) is 0 Å². The molecule has 2 aromatic rings. The lowest BCUT2D eigenvalue weighted by Crippen LogP contribution is -2.35. The molecule has 128 valence electrons. The minimum atomic E-state index is -0.870. The Balaban J connectivity index is 1.71. The van der Waals surface area contributed by atoms with Crippen molar-refractivity contribution in [3.8, 4) is 5.75 Å². The highest BCUT2D eigenvalue weighted by molar-refractivity contribution is 5.66. The lowest BCUT2D eigenvalue weighted by atomic mass is 9.94. The standard InChI is InChI=1S/C17H22N4O3/c1-24-16-5-2-7-18-14(16)11-20-9-3-4-13(10-20)15-6-8-19-21(15)12-17(22)23/h2,5-8,13H,3-4,9-12H2,1H3,(H,22,23)/t13-/m0/s1. The van der Waals surface area contributed by atoms with Crippen LogP contribution < -0.4 is 4.74 Å². The first-order valence-corrected chi connectivity index (χ1v) is 8.11. The number of nitrogens with zero attached hydrogens (tertiary/aromatic N) is 4. The van der Waals surface area contributed by atoms with Crippen LogP contribution in [0.4, 0.5) is 0 Å². The van der Waals surface area contributed by atoms with Crippen molar-refractivity contribution in [2.75, 3.05) is 20.2 Å². The summed E-state index contributed by atoms with van der Waals surface area (Å²) >= 11 is 0. The van der Waals surface area contributed by atoms with E-state index in [1.165, 1.54) is 0 Å². The second-order valence-corrected chi connectivity index (χ2v) is 6.03. The zero-order chi connectivity index (χ0) is 16.9. The summed E-state index contributed by atoms with van der Waals surface area (Å²) < 4.78 is 6.98. The van der Waals surface area contributed by atoms with E-state index in [0.29, 0.717) is 0 Å². The van der Waals surface area contributed by atoms with Crippen LogP contribution in [0.1, 0.15) is 30.1 Å². The largest absolute Gasteiger partial charge is 0.495 e. The molecule has 0 unspecified atom stereocenters. The minimum absolute atomic E-state index is 0.0904. The van der Waals surface area contributed by atoms with Gasteiger partial charge in [-0.3, -0.25) is 19.4 Å². The molecule has 1 fully saturated rings. The minimum Gasteiger partial charge on any atom is -0.495 e. The summed E-state index contributed by atoms with van der Waals surface area (Å²) in [5.74, 6) is 0.219. The summed E-state index contributed by atoms with van der Waals surface area (Å²) in [6.07, 6.45) is 5.57. The number of hydrogen-bond acceptors (Lipinski definition) is 5. The third kappa shape index (κ3) is 3.73. The van der Waals surface area contributed by atoms with Crippen LogP contribution in [0.2, 0.25) is 0 Å². The Bertz CT molecular complexity index is 701. The number of aliphatic carboxylic acids is 1. The molecule has 7 nitrogen and oxygen atoms in total. The number of piperidine rings is 1. The Kier molecular flexibility index (Phi) is 5.10. The van der Waals surface area contributed by atoms with E-state index in [0.717, 1.165) is 49.6 Å². The molecule has 0 spiro atoms. The van der Waals surface area contributed by atoms with E-state index < -0.39 is 5.97 Å². The fraction of sp³-hybridized carbons (Fsp3) is 0.471. The van der Waals surface area contributed by atoms with Crippen LogP contribution in [0.5, 0.6) is 5.75 Å². The van der Waals surface area contributed by atoms with Gasteiger partial charge in [0.25, 0.3) is 0 Å². The van der Waals surface area contributed by atoms with Crippen molar-refractivity contribution in [2.45, 2.75) is 31.8 Å². The van der Waals surface area contributed by atoms with Crippen LogP contribution >= 0.6 is 0 Å². The van der Waals surface area contributed by atoms with Crippen LogP contribution in [0.25, 0.3) is 0 Å². The topological polar surface area (TPSA) is 80.5 Å². The van der Waals surface area contributed by atoms with Gasteiger partial charge in [-0.05, 0) is 37.6 Å². The lowest BCUT2D eigenvalue weighted by molar-refractivity contribution is -0.137. The molecule has 24 heavy (non-hydrogen) atoms. The number of methoxy groups -OCH3 is 1. The maximum Gasteiger partial charge on any atom is 0.325 e. The summed E-state index contributed by atoms with van der Waals surface area (Å²) in [4.78, 5) is 17.8. The molecule has 0 bridgehead atoms. The summed E-state index contributed by atoms with van der Waals surface area (Å²) in [6, 6.07) is 5.72. The molecule has 0 aliphatic carbocycles. The Hall–Kier alpha value is -2.41. The van der Waals surface area contributed by atoms with Gasteiger partial charge in [0.1, 0.15) is 12.3 Å². The summed E-state index contributed by atoms with van der Waals surface area (Å²) in [5.41, 5.74) is 1.93. The average Bonchev–Trinajstić information content (AvgIpc) is 3.03. The highest BCUT2D eigenvalue weighted by Gasteiger charge is 2.25. The van der Waals surface area contributed by atoms with Gasteiger partial charge in [0.15, 0.2) is 0 Å². The lowest BCUT2D eigenvalue weighted by Gasteiger charge is -2.32. The third-order valence-electron chi connectivity index (χ3n) is 4.40. The van der Waals surface area contributed by atoms with Crippen molar-refractivity contribution in [3.05, 3.63) is 42.0 Å². The molecule has 1 aliphatic rings. The van der Waals surface area contributed by atoms with Gasteiger partial charge in [-0.2, -0.15) is 5.10 Å². The van der Waals surface area contributed by atoms with Gasteiger partial charge in [-0.25, -0.2) is 0 Å². The number of likely N-dealkylation sites (tertiary alicyclic amines) is 1. The Labute approximate surface area is 140 Å². The van der Waals surface area contributed by atoms with E-state index in [9.17, 15) is 4.79 Å². The first-order valence-electron chi connectivity index (χ1n) is 8.11. The quantitative estimate of drug-likeness (QED) is 0.869. The van der Waals surface area contributed by atoms with Gasteiger partial charge in [0.05, 0.1) is 12.8 Å². The number of carboxylic acid groups (broad SMARTS) is 1. The molecular formula is C17H22N4O3. The van der Waals surface area contributed by atoms with Crippen LogP contribution in [0.15, 0.2) is 30.6 Å². The molecule has 0 radical (unpaired) electrons. The molecular weight excluding hydrogens is 308 g/mol. The maximum atomic E-state index is 11.0. The Morgan fingerprint density at radius 1 is 1.42 bits per heavy atom. The van der Waals surface area contributed by atoms with Crippen molar-refractivity contribution in [1.82, 2.24) is 19.7 Å². The van der Waals surface area contributed by atoms with Crippen LogP contribution in [0, 0.1) is 0 Å².